The van der Waals surface area contributed by atoms with Gasteiger partial charge >= 0.3 is 41.9 Å². The van der Waals surface area contributed by atoms with E-state index in [4.69, 9.17) is 0 Å². The molecule has 2 aromatic heterocycles. The number of amides is 2. The van der Waals surface area contributed by atoms with E-state index >= 15 is 0 Å². The summed E-state index contributed by atoms with van der Waals surface area (Å²) < 4.78 is 79.1. The van der Waals surface area contributed by atoms with Crippen LogP contribution in [0.1, 0.15) is 62.0 Å². The first-order valence-corrected chi connectivity index (χ1v) is 17.2. The van der Waals surface area contributed by atoms with Crippen LogP contribution in [0.2, 0.25) is 0 Å². The van der Waals surface area contributed by atoms with Gasteiger partial charge in [0.1, 0.15) is 11.5 Å². The molecular weight excluding hydrogens is 757 g/mol. The molecule has 2 aliphatic heterocycles. The van der Waals surface area contributed by atoms with Crippen molar-refractivity contribution < 1.29 is 81.2 Å². The van der Waals surface area contributed by atoms with Crippen LogP contribution in [0.4, 0.5) is 26.3 Å². The number of carbonyl (C=O) groups is 2. The number of aromatic nitrogens is 4. The summed E-state index contributed by atoms with van der Waals surface area (Å²) >= 11 is 0. The maximum absolute atomic E-state index is 12.7. The van der Waals surface area contributed by atoms with Gasteiger partial charge in [-0.3, -0.25) is 9.59 Å². The van der Waals surface area contributed by atoms with Crippen LogP contribution in [0.5, 0.6) is 0 Å². The van der Waals surface area contributed by atoms with Gasteiger partial charge in [-0.05, 0) is 102 Å². The number of hydrogen-bond donors (Lipinski definition) is 4. The minimum absolute atomic E-state index is 0. The zero-order valence-electron chi connectivity index (χ0n) is 31.0. The minimum atomic E-state index is -4.40. The molecule has 4 heterocycles. The van der Waals surface area contributed by atoms with Crippen molar-refractivity contribution in [3.63, 3.8) is 0 Å². The first kappa shape index (κ1) is 42.6. The number of nitrogens with one attached hydrogen (secondary N) is 2. The fourth-order valence-corrected chi connectivity index (χ4v) is 7.06. The molecule has 2 fully saturated rings. The number of aliphatic hydroxyl groups is 2. The third kappa shape index (κ3) is 7.61. The van der Waals surface area contributed by atoms with E-state index in [0.29, 0.717) is 33.9 Å². The molecular formula is C38H37F6N6NaO5. The Bertz CT molecular complexity index is 2080. The molecule has 2 aromatic carbocycles. The molecule has 11 nitrogen and oxygen atoms in total. The van der Waals surface area contributed by atoms with Crippen LogP contribution in [-0.2, 0) is 21.9 Å². The Balaban J connectivity index is 0.000000207. The average molecular weight is 795 g/mol. The zero-order chi connectivity index (χ0) is 39.1. The van der Waals surface area contributed by atoms with Crippen LogP contribution in [0.15, 0.2) is 72.2 Å². The molecule has 0 radical (unpaired) electrons. The number of aliphatic hydroxyl groups excluding tert-OH is 2. The summed E-state index contributed by atoms with van der Waals surface area (Å²) in [4.78, 5) is 24.9. The van der Waals surface area contributed by atoms with Gasteiger partial charge in [-0.25, -0.2) is 9.36 Å². The molecule has 2 amide bonds. The van der Waals surface area contributed by atoms with Gasteiger partial charge in [-0.1, -0.05) is 24.3 Å². The zero-order valence-corrected chi connectivity index (χ0v) is 33.0. The SMILES string of the molecule is Cc1cc(-c2ccc(C(F)(F)F)cc2)nn1C1=C(O)C(C)(C2CC2)NC1=O.Cc1cc(-c2ccc(C(F)(F)F)cc2)nn1C1=C(O)C(C)(C2CC2)NC1=O.[Na+].[OH-]. The molecule has 2 saturated carbocycles. The second kappa shape index (κ2) is 14.7. The summed E-state index contributed by atoms with van der Waals surface area (Å²) in [6, 6.07) is 12.7. The standard InChI is InChI=1S/2C19H18F3N3O2.Na.H2O/c2*1-10-9-14(11-3-5-13(6-4-11)19(20,21)22)24-25(10)15-16(26)18(2,12-7-8-12)23-17(15)27;;/h2*3-6,9,12,26H,7-8H2,1-2H3,(H,23,27);;1H2/q;;+1;/p-1. The number of halogens is 6. The topological polar surface area (TPSA) is 164 Å². The van der Waals surface area contributed by atoms with E-state index < -0.39 is 46.4 Å². The Morgan fingerprint density at radius 3 is 1.21 bits per heavy atom. The molecule has 56 heavy (non-hydrogen) atoms. The normalized spacial score (nSPS) is 22.2. The van der Waals surface area contributed by atoms with Gasteiger partial charge in [0.2, 0.25) is 0 Å². The van der Waals surface area contributed by atoms with E-state index in [1.807, 2.05) is 0 Å². The number of nitrogens with zero attached hydrogens (tertiary/aromatic N) is 4. The second-order valence-electron chi connectivity index (χ2n) is 14.6. The molecule has 2 atom stereocenters. The minimum Gasteiger partial charge on any atom is -0.870 e. The molecule has 0 spiro atoms. The maximum Gasteiger partial charge on any atom is 1.00 e. The summed E-state index contributed by atoms with van der Waals surface area (Å²) in [5, 5.41) is 35.8. The molecule has 18 heteroatoms. The Kier molecular flexibility index (Phi) is 11.2. The Morgan fingerprint density at radius 2 is 0.946 bits per heavy atom. The molecule has 0 bridgehead atoms. The maximum atomic E-state index is 12.7. The number of alkyl halides is 6. The van der Waals surface area contributed by atoms with Crippen molar-refractivity contribution in [3.05, 3.63) is 94.7 Å². The van der Waals surface area contributed by atoms with Crippen molar-refractivity contribution in [1.29, 1.82) is 0 Å². The molecule has 4 aliphatic rings. The van der Waals surface area contributed by atoms with Crippen LogP contribution in [0.3, 0.4) is 0 Å². The Labute approximate surface area is 339 Å². The van der Waals surface area contributed by atoms with E-state index in [1.165, 1.54) is 33.6 Å². The van der Waals surface area contributed by atoms with Crippen LogP contribution in [0, 0.1) is 25.7 Å². The summed E-state index contributed by atoms with van der Waals surface area (Å²) in [5.41, 5.74) is 0.114. The summed E-state index contributed by atoms with van der Waals surface area (Å²) in [6.45, 7) is 7.03. The molecule has 8 rings (SSSR count). The van der Waals surface area contributed by atoms with E-state index in [2.05, 4.69) is 20.8 Å². The molecule has 4 aromatic rings. The number of aryl methyl sites for hydroxylation is 2. The fourth-order valence-electron chi connectivity index (χ4n) is 7.06. The van der Waals surface area contributed by atoms with Gasteiger partial charge in [0.05, 0.1) is 33.6 Å². The van der Waals surface area contributed by atoms with Gasteiger partial charge in [0.25, 0.3) is 11.8 Å². The molecule has 5 N–H and O–H groups in total. The van der Waals surface area contributed by atoms with Gasteiger partial charge in [-0.2, -0.15) is 36.5 Å². The van der Waals surface area contributed by atoms with Crippen molar-refractivity contribution >= 4 is 23.2 Å². The summed E-state index contributed by atoms with van der Waals surface area (Å²) in [6.07, 6.45) is -5.07. The number of hydrogen-bond acceptors (Lipinski definition) is 7. The van der Waals surface area contributed by atoms with Crippen molar-refractivity contribution in [2.45, 2.75) is 76.8 Å². The van der Waals surface area contributed by atoms with Crippen molar-refractivity contribution in [2.24, 2.45) is 11.8 Å². The van der Waals surface area contributed by atoms with E-state index in [1.54, 1.807) is 39.8 Å². The quantitative estimate of drug-likeness (QED) is 0.163. The van der Waals surface area contributed by atoms with E-state index in [9.17, 15) is 46.1 Å². The first-order chi connectivity index (χ1) is 25.2. The van der Waals surface area contributed by atoms with Gasteiger partial charge < -0.3 is 26.3 Å². The number of rotatable bonds is 6. The predicted molar refractivity (Wildman–Crippen MR) is 187 cm³/mol. The van der Waals surface area contributed by atoms with E-state index in [-0.39, 0.29) is 69.8 Å². The number of benzene rings is 2. The monoisotopic (exact) mass is 794 g/mol. The second-order valence-corrected chi connectivity index (χ2v) is 14.6. The largest absolute Gasteiger partial charge is 1.00 e. The predicted octanol–water partition coefficient (Wildman–Crippen LogP) is 4.63. The van der Waals surface area contributed by atoms with Crippen LogP contribution < -0.4 is 40.2 Å². The summed E-state index contributed by atoms with van der Waals surface area (Å²) in [5.74, 6) is -0.507. The van der Waals surface area contributed by atoms with Crippen molar-refractivity contribution in [3.8, 4) is 22.5 Å². The average Bonchev–Trinajstić information content (AvgIpc) is 4.03. The van der Waals surface area contributed by atoms with Gasteiger partial charge in [-0.15, -0.1) is 0 Å². The molecule has 2 unspecified atom stereocenters. The third-order valence-electron chi connectivity index (χ3n) is 10.6. The van der Waals surface area contributed by atoms with Gasteiger partial charge in [0.15, 0.2) is 11.4 Å². The molecule has 2 aliphatic carbocycles. The fraction of sp³-hybridized carbons (Fsp3) is 0.368. The van der Waals surface area contributed by atoms with Crippen LogP contribution >= 0.6 is 0 Å². The van der Waals surface area contributed by atoms with Crippen molar-refractivity contribution in [1.82, 2.24) is 30.2 Å². The van der Waals surface area contributed by atoms with Gasteiger partial charge in [0, 0.05) is 22.5 Å². The summed E-state index contributed by atoms with van der Waals surface area (Å²) in [7, 11) is 0. The molecule has 0 saturated heterocycles. The van der Waals surface area contributed by atoms with Crippen molar-refractivity contribution in [2.75, 3.05) is 0 Å². The Hall–Kier alpha value is -4.58. The van der Waals surface area contributed by atoms with E-state index in [0.717, 1.165) is 49.9 Å². The Morgan fingerprint density at radius 1 is 0.643 bits per heavy atom. The molecule has 292 valence electrons. The smallest absolute Gasteiger partial charge is 0.870 e. The van der Waals surface area contributed by atoms with Crippen LogP contribution in [-0.4, -0.2) is 58.1 Å². The third-order valence-corrected chi connectivity index (χ3v) is 10.6. The number of carbonyl (C=O) groups excluding carboxylic acids is 2. The first-order valence-electron chi connectivity index (χ1n) is 17.2. The van der Waals surface area contributed by atoms with Crippen LogP contribution in [0.25, 0.3) is 33.9 Å².